The first-order valence-electron chi connectivity index (χ1n) is 7.44. The largest absolute Gasteiger partial charge is 0.376 e. The number of hydrogen-bond donors (Lipinski definition) is 2. The molecule has 0 fully saturated rings. The van der Waals surface area contributed by atoms with Crippen LogP contribution in [0.1, 0.15) is 19.6 Å². The van der Waals surface area contributed by atoms with E-state index in [1.807, 2.05) is 24.3 Å². The van der Waals surface area contributed by atoms with E-state index in [1.165, 1.54) is 5.69 Å². The summed E-state index contributed by atoms with van der Waals surface area (Å²) in [5.41, 5.74) is 2.08. The fourth-order valence-corrected chi connectivity index (χ4v) is 2.17. The van der Waals surface area contributed by atoms with Gasteiger partial charge < -0.3 is 20.1 Å². The van der Waals surface area contributed by atoms with Crippen LogP contribution in [0.5, 0.6) is 0 Å². The van der Waals surface area contributed by atoms with Crippen LogP contribution in [0, 0.1) is 6.92 Å². The van der Waals surface area contributed by atoms with Gasteiger partial charge in [0.2, 0.25) is 5.91 Å². The second-order valence-electron chi connectivity index (χ2n) is 4.94. The number of anilines is 3. The quantitative estimate of drug-likeness (QED) is 0.823. The fourth-order valence-electron chi connectivity index (χ4n) is 2.17. The van der Waals surface area contributed by atoms with Gasteiger partial charge in [0.1, 0.15) is 5.76 Å². The Kier molecular flexibility index (Phi) is 5.41. The highest BCUT2D eigenvalue weighted by Crippen LogP contribution is 2.17. The van der Waals surface area contributed by atoms with E-state index in [4.69, 9.17) is 4.52 Å². The average Bonchev–Trinajstić information content (AvgIpc) is 2.93. The topological polar surface area (TPSA) is 70.4 Å². The predicted molar refractivity (Wildman–Crippen MR) is 88.4 cm³/mol. The van der Waals surface area contributed by atoms with E-state index in [0.717, 1.165) is 18.8 Å². The average molecular weight is 302 g/mol. The van der Waals surface area contributed by atoms with Gasteiger partial charge in [-0.1, -0.05) is 5.16 Å². The molecule has 2 rings (SSSR count). The van der Waals surface area contributed by atoms with E-state index in [0.29, 0.717) is 11.6 Å². The number of carbonyl (C=O) groups is 1. The highest BCUT2D eigenvalue weighted by molar-refractivity contribution is 5.92. The Hall–Kier alpha value is -2.50. The molecule has 0 unspecified atom stereocenters. The maximum Gasteiger partial charge on any atom is 0.244 e. The molecule has 0 atom stereocenters. The highest BCUT2D eigenvalue weighted by Gasteiger charge is 2.06. The summed E-state index contributed by atoms with van der Waals surface area (Å²) in [4.78, 5) is 14.1. The number of nitrogens with zero attached hydrogens (tertiary/aromatic N) is 2. The summed E-state index contributed by atoms with van der Waals surface area (Å²) in [6, 6.07) is 9.72. The van der Waals surface area contributed by atoms with E-state index in [-0.39, 0.29) is 12.5 Å². The molecule has 0 aliphatic heterocycles. The Morgan fingerprint density at radius 2 is 1.91 bits per heavy atom. The predicted octanol–water partition coefficient (Wildman–Crippen LogP) is 2.88. The molecule has 1 aromatic carbocycles. The number of aryl methyl sites for hydroxylation is 1. The van der Waals surface area contributed by atoms with E-state index in [2.05, 4.69) is 34.5 Å². The van der Waals surface area contributed by atoms with E-state index < -0.39 is 0 Å². The Labute approximate surface area is 130 Å². The first-order valence-corrected chi connectivity index (χ1v) is 7.44. The molecule has 6 heteroatoms. The summed E-state index contributed by atoms with van der Waals surface area (Å²) in [5, 5.41) is 9.47. The second kappa shape index (κ2) is 7.49. The SMILES string of the molecule is CCN(CC)c1ccc(NCC(=O)Nc2cc(C)on2)cc1. The zero-order valence-electron chi connectivity index (χ0n) is 13.2. The lowest BCUT2D eigenvalue weighted by atomic mass is 10.2. The van der Waals surface area contributed by atoms with Crippen LogP contribution in [0.15, 0.2) is 34.9 Å². The van der Waals surface area contributed by atoms with Crippen molar-refractivity contribution in [3.8, 4) is 0 Å². The van der Waals surface area contributed by atoms with E-state index >= 15 is 0 Å². The molecule has 1 heterocycles. The third-order valence-corrected chi connectivity index (χ3v) is 3.34. The molecule has 6 nitrogen and oxygen atoms in total. The van der Waals surface area contributed by atoms with Crippen molar-refractivity contribution in [2.45, 2.75) is 20.8 Å². The lowest BCUT2D eigenvalue weighted by Crippen LogP contribution is -2.22. The first kappa shape index (κ1) is 15.9. The molecular weight excluding hydrogens is 280 g/mol. The fraction of sp³-hybridized carbons (Fsp3) is 0.375. The van der Waals surface area contributed by atoms with Crippen LogP contribution < -0.4 is 15.5 Å². The lowest BCUT2D eigenvalue weighted by Gasteiger charge is -2.21. The first-order chi connectivity index (χ1) is 10.6. The van der Waals surface area contributed by atoms with Crippen LogP contribution in [-0.4, -0.2) is 30.7 Å². The summed E-state index contributed by atoms with van der Waals surface area (Å²) in [5.74, 6) is 0.928. The minimum atomic E-state index is -0.166. The van der Waals surface area contributed by atoms with Gasteiger partial charge in [-0.3, -0.25) is 4.79 Å². The molecule has 0 radical (unpaired) electrons. The van der Waals surface area contributed by atoms with Gasteiger partial charge >= 0.3 is 0 Å². The van der Waals surface area contributed by atoms with Crippen molar-refractivity contribution in [1.29, 1.82) is 0 Å². The monoisotopic (exact) mass is 302 g/mol. The normalized spacial score (nSPS) is 10.3. The molecule has 0 aliphatic rings. The van der Waals surface area contributed by atoms with Crippen LogP contribution in [0.4, 0.5) is 17.2 Å². The zero-order chi connectivity index (χ0) is 15.9. The van der Waals surface area contributed by atoms with Gasteiger partial charge in [0.15, 0.2) is 5.82 Å². The van der Waals surface area contributed by atoms with Gasteiger partial charge in [0.05, 0.1) is 6.54 Å². The van der Waals surface area contributed by atoms with Gasteiger partial charge in [0.25, 0.3) is 0 Å². The Morgan fingerprint density at radius 1 is 1.23 bits per heavy atom. The molecule has 0 saturated heterocycles. The molecule has 22 heavy (non-hydrogen) atoms. The zero-order valence-corrected chi connectivity index (χ0v) is 13.2. The molecular formula is C16H22N4O2. The van der Waals surface area contributed by atoms with E-state index in [9.17, 15) is 4.79 Å². The van der Waals surface area contributed by atoms with Crippen LogP contribution in [0.25, 0.3) is 0 Å². The molecule has 0 saturated carbocycles. The molecule has 1 aromatic heterocycles. The summed E-state index contributed by atoms with van der Waals surface area (Å²) < 4.78 is 4.90. The van der Waals surface area contributed by atoms with Crippen LogP contribution in [0.3, 0.4) is 0 Å². The molecule has 2 aromatic rings. The lowest BCUT2D eigenvalue weighted by molar-refractivity contribution is -0.114. The van der Waals surface area contributed by atoms with Gasteiger partial charge in [0, 0.05) is 30.5 Å². The molecule has 1 amide bonds. The van der Waals surface area contributed by atoms with Crippen molar-refractivity contribution >= 4 is 23.1 Å². The van der Waals surface area contributed by atoms with Crippen LogP contribution in [-0.2, 0) is 4.79 Å². The maximum atomic E-state index is 11.8. The molecule has 2 N–H and O–H groups in total. The molecule has 0 aliphatic carbocycles. The van der Waals surface area contributed by atoms with Crippen LogP contribution in [0.2, 0.25) is 0 Å². The summed E-state index contributed by atoms with van der Waals surface area (Å²) in [7, 11) is 0. The number of rotatable bonds is 7. The third kappa shape index (κ3) is 4.25. The number of nitrogens with one attached hydrogen (secondary N) is 2. The molecule has 0 bridgehead atoms. The standard InChI is InChI=1S/C16H22N4O2/c1-4-20(5-2)14-8-6-13(7-9-14)17-11-16(21)18-15-10-12(3)22-19-15/h6-10,17H,4-5,11H2,1-3H3,(H,18,19,21). The number of amides is 1. The van der Waals surface area contributed by atoms with Gasteiger partial charge in [-0.25, -0.2) is 0 Å². The van der Waals surface area contributed by atoms with Crippen molar-refractivity contribution < 1.29 is 9.32 Å². The number of carbonyl (C=O) groups excluding carboxylic acids is 1. The van der Waals surface area contributed by atoms with Crippen LogP contribution >= 0.6 is 0 Å². The summed E-state index contributed by atoms with van der Waals surface area (Å²) in [6.07, 6.45) is 0. The highest BCUT2D eigenvalue weighted by atomic mass is 16.5. The van der Waals surface area contributed by atoms with Gasteiger partial charge in [-0.2, -0.15) is 0 Å². The van der Waals surface area contributed by atoms with Crippen molar-refractivity contribution in [2.75, 3.05) is 35.2 Å². The molecule has 118 valence electrons. The molecule has 0 spiro atoms. The van der Waals surface area contributed by atoms with Crippen molar-refractivity contribution in [3.63, 3.8) is 0 Å². The summed E-state index contributed by atoms with van der Waals surface area (Å²) >= 11 is 0. The third-order valence-electron chi connectivity index (χ3n) is 3.34. The van der Waals surface area contributed by atoms with Crippen molar-refractivity contribution in [3.05, 3.63) is 36.1 Å². The minimum absolute atomic E-state index is 0.166. The van der Waals surface area contributed by atoms with E-state index in [1.54, 1.807) is 13.0 Å². The smallest absolute Gasteiger partial charge is 0.244 e. The number of aromatic nitrogens is 1. The van der Waals surface area contributed by atoms with Crippen molar-refractivity contribution in [1.82, 2.24) is 5.16 Å². The minimum Gasteiger partial charge on any atom is -0.376 e. The Bertz CT molecular complexity index is 603. The van der Waals surface area contributed by atoms with Crippen molar-refractivity contribution in [2.24, 2.45) is 0 Å². The summed E-state index contributed by atoms with van der Waals surface area (Å²) in [6.45, 7) is 8.16. The number of benzene rings is 1. The second-order valence-corrected chi connectivity index (χ2v) is 4.94. The van der Waals surface area contributed by atoms with Gasteiger partial charge in [-0.05, 0) is 45.0 Å². The maximum absolute atomic E-state index is 11.8. The Balaban J connectivity index is 1.84. The van der Waals surface area contributed by atoms with Gasteiger partial charge in [-0.15, -0.1) is 0 Å². The Morgan fingerprint density at radius 3 is 2.45 bits per heavy atom. The number of hydrogen-bond acceptors (Lipinski definition) is 5.